The lowest BCUT2D eigenvalue weighted by Crippen LogP contribution is -2.45. The average Bonchev–Trinajstić information content (AvgIpc) is 3.27. The molecule has 0 aromatic heterocycles. The van der Waals surface area contributed by atoms with Crippen molar-refractivity contribution in [2.45, 2.75) is 296 Å². The van der Waals surface area contributed by atoms with Crippen LogP contribution in [0.15, 0.2) is 36.5 Å². The zero-order chi connectivity index (χ0) is 45.1. The van der Waals surface area contributed by atoms with Gasteiger partial charge in [0.05, 0.1) is 25.4 Å². The van der Waals surface area contributed by atoms with E-state index in [2.05, 4.69) is 43.5 Å². The fourth-order valence-corrected chi connectivity index (χ4v) is 8.15. The molecule has 0 aliphatic carbocycles. The number of amides is 1. The number of carbonyl (C=O) groups excluding carboxylic acids is 2. The molecule has 2 unspecified atom stereocenters. The molecule has 62 heavy (non-hydrogen) atoms. The van der Waals surface area contributed by atoms with Crippen molar-refractivity contribution in [3.05, 3.63) is 36.5 Å². The summed E-state index contributed by atoms with van der Waals surface area (Å²) in [7, 11) is 0. The maximum absolute atomic E-state index is 12.4. The normalized spacial score (nSPS) is 12.9. The average molecular weight is 872 g/mol. The van der Waals surface area contributed by atoms with Crippen LogP contribution in [0.1, 0.15) is 284 Å². The Kier molecular flexibility index (Phi) is 50.1. The first-order valence-electron chi connectivity index (χ1n) is 27.3. The Labute approximate surface area is 385 Å². The van der Waals surface area contributed by atoms with Crippen LogP contribution in [0.25, 0.3) is 0 Å². The summed E-state index contributed by atoms with van der Waals surface area (Å²) in [6.07, 6.45) is 63.1. The van der Waals surface area contributed by atoms with Gasteiger partial charge in [-0.25, -0.2) is 0 Å². The molecule has 0 aliphatic rings. The molecule has 0 fully saturated rings. The number of esters is 1. The quantitative estimate of drug-likeness (QED) is 0.0321. The van der Waals surface area contributed by atoms with Crippen molar-refractivity contribution in [2.75, 3.05) is 13.2 Å². The molecule has 364 valence electrons. The van der Waals surface area contributed by atoms with E-state index in [0.717, 1.165) is 51.4 Å². The zero-order valence-corrected chi connectivity index (χ0v) is 41.4. The van der Waals surface area contributed by atoms with Gasteiger partial charge in [0.15, 0.2) is 0 Å². The molecule has 2 atom stereocenters. The number of rotatable bonds is 50. The van der Waals surface area contributed by atoms with E-state index in [1.807, 2.05) is 6.08 Å². The van der Waals surface area contributed by atoms with Crippen molar-refractivity contribution >= 4 is 11.9 Å². The second-order valence-electron chi connectivity index (χ2n) is 18.5. The first kappa shape index (κ1) is 60.1. The third kappa shape index (κ3) is 47.6. The van der Waals surface area contributed by atoms with E-state index in [1.54, 1.807) is 6.08 Å². The maximum atomic E-state index is 12.4. The summed E-state index contributed by atoms with van der Waals surface area (Å²) in [5.74, 6) is -0.0826. The number of aliphatic hydroxyl groups excluding tert-OH is 2. The minimum absolute atomic E-state index is 0.00255. The van der Waals surface area contributed by atoms with Gasteiger partial charge in [0.2, 0.25) is 5.91 Å². The van der Waals surface area contributed by atoms with Gasteiger partial charge in [0, 0.05) is 12.8 Å². The van der Waals surface area contributed by atoms with E-state index < -0.39 is 12.1 Å². The molecule has 0 aliphatic heterocycles. The Hall–Kier alpha value is -1.92. The van der Waals surface area contributed by atoms with Crippen LogP contribution >= 0.6 is 0 Å². The summed E-state index contributed by atoms with van der Waals surface area (Å²) in [5.41, 5.74) is 0. The third-order valence-corrected chi connectivity index (χ3v) is 12.4. The van der Waals surface area contributed by atoms with Gasteiger partial charge in [-0.15, -0.1) is 0 Å². The van der Waals surface area contributed by atoms with Crippen LogP contribution in [0.4, 0.5) is 0 Å². The van der Waals surface area contributed by atoms with Crippen molar-refractivity contribution in [3.8, 4) is 0 Å². The fraction of sp³-hybridized carbons (Fsp3) is 0.857. The van der Waals surface area contributed by atoms with Crippen LogP contribution in [0, 0.1) is 0 Å². The maximum Gasteiger partial charge on any atom is 0.305 e. The van der Waals surface area contributed by atoms with E-state index >= 15 is 0 Å². The van der Waals surface area contributed by atoms with Crippen molar-refractivity contribution < 1.29 is 24.5 Å². The number of hydrogen-bond donors (Lipinski definition) is 3. The third-order valence-electron chi connectivity index (χ3n) is 12.4. The standard InChI is InChI=1S/C56H105NO5/c1-3-5-7-9-11-13-14-15-16-24-27-30-34-38-42-46-50-56(61)62-51-47-43-39-35-31-28-25-22-20-18-17-19-21-23-26-29-33-37-41-45-49-55(60)57-53(52-58)54(59)48-44-40-36-32-12-10-8-6-4-2/h16-17,19,24,44,48,53-54,58-59H,3-15,18,20-23,25-43,45-47,49-52H2,1-2H3,(H,57,60)/b19-17-,24-16-,48-44+. The van der Waals surface area contributed by atoms with Gasteiger partial charge < -0.3 is 20.3 Å². The number of aliphatic hydroxyl groups is 2. The lowest BCUT2D eigenvalue weighted by atomic mass is 10.1. The summed E-state index contributed by atoms with van der Waals surface area (Å²) in [4.78, 5) is 24.4. The van der Waals surface area contributed by atoms with Gasteiger partial charge in [-0.05, 0) is 83.5 Å². The van der Waals surface area contributed by atoms with Crippen molar-refractivity contribution in [3.63, 3.8) is 0 Å². The molecule has 0 saturated heterocycles. The smallest absolute Gasteiger partial charge is 0.305 e. The van der Waals surface area contributed by atoms with Gasteiger partial charge in [0.25, 0.3) is 0 Å². The predicted octanol–water partition coefficient (Wildman–Crippen LogP) is 16.5. The molecular formula is C56H105NO5. The predicted molar refractivity (Wildman–Crippen MR) is 269 cm³/mol. The molecule has 0 radical (unpaired) electrons. The summed E-state index contributed by atoms with van der Waals surface area (Å²) < 4.78 is 5.47. The number of ether oxygens (including phenoxy) is 1. The summed E-state index contributed by atoms with van der Waals surface area (Å²) in [5, 5.41) is 22.9. The molecule has 3 N–H and O–H groups in total. The SMILES string of the molecule is CCCCCCCCC/C=C\CCCCCCCC(=O)OCCCCCCCCCCC/C=C\CCCCCCCCCC(=O)NC(CO)C(O)/C=C/CCCCCCCCC. The van der Waals surface area contributed by atoms with Gasteiger partial charge in [-0.3, -0.25) is 9.59 Å². The highest BCUT2D eigenvalue weighted by Gasteiger charge is 2.18. The lowest BCUT2D eigenvalue weighted by molar-refractivity contribution is -0.143. The minimum atomic E-state index is -0.848. The van der Waals surface area contributed by atoms with Crippen LogP contribution < -0.4 is 5.32 Å². The fourth-order valence-electron chi connectivity index (χ4n) is 8.15. The number of hydrogen-bond acceptors (Lipinski definition) is 5. The molecule has 0 rings (SSSR count). The van der Waals surface area contributed by atoms with Gasteiger partial charge in [0.1, 0.15) is 0 Å². The summed E-state index contributed by atoms with van der Waals surface area (Å²) in [6.45, 7) is 4.86. The Morgan fingerprint density at radius 3 is 1.15 bits per heavy atom. The summed E-state index contributed by atoms with van der Waals surface area (Å²) in [6, 6.07) is -0.632. The first-order chi connectivity index (χ1) is 30.5. The molecular weight excluding hydrogens is 767 g/mol. The van der Waals surface area contributed by atoms with E-state index in [-0.39, 0.29) is 18.5 Å². The van der Waals surface area contributed by atoms with E-state index in [1.165, 1.54) is 205 Å². The molecule has 6 heteroatoms. The van der Waals surface area contributed by atoms with E-state index in [0.29, 0.717) is 19.4 Å². The van der Waals surface area contributed by atoms with Crippen molar-refractivity contribution in [1.82, 2.24) is 5.32 Å². The minimum Gasteiger partial charge on any atom is -0.466 e. The number of carbonyl (C=O) groups is 2. The monoisotopic (exact) mass is 872 g/mol. The number of nitrogens with one attached hydrogen (secondary N) is 1. The molecule has 1 amide bonds. The molecule has 0 bridgehead atoms. The van der Waals surface area contributed by atoms with Crippen molar-refractivity contribution in [2.24, 2.45) is 0 Å². The van der Waals surface area contributed by atoms with Gasteiger partial charge in [-0.1, -0.05) is 224 Å². The Morgan fingerprint density at radius 1 is 0.435 bits per heavy atom. The second-order valence-corrected chi connectivity index (χ2v) is 18.5. The Balaban J connectivity index is 3.42. The molecule has 0 heterocycles. The van der Waals surface area contributed by atoms with Gasteiger partial charge >= 0.3 is 5.97 Å². The second kappa shape index (κ2) is 51.7. The topological polar surface area (TPSA) is 95.9 Å². The Morgan fingerprint density at radius 2 is 0.758 bits per heavy atom. The van der Waals surface area contributed by atoms with Crippen molar-refractivity contribution in [1.29, 1.82) is 0 Å². The molecule has 0 spiro atoms. The zero-order valence-electron chi connectivity index (χ0n) is 41.4. The number of unbranched alkanes of at least 4 members (excludes halogenated alkanes) is 35. The molecule has 0 aromatic carbocycles. The Bertz CT molecular complexity index is 1010. The van der Waals surface area contributed by atoms with E-state index in [4.69, 9.17) is 4.74 Å². The van der Waals surface area contributed by atoms with E-state index in [9.17, 15) is 19.8 Å². The molecule has 6 nitrogen and oxygen atoms in total. The number of allylic oxidation sites excluding steroid dienone is 5. The van der Waals surface area contributed by atoms with Crippen LogP contribution in [0.5, 0.6) is 0 Å². The largest absolute Gasteiger partial charge is 0.466 e. The molecule has 0 aromatic rings. The first-order valence-corrected chi connectivity index (χ1v) is 27.3. The van der Waals surface area contributed by atoms with Crippen LogP contribution in [-0.4, -0.2) is 47.4 Å². The highest BCUT2D eigenvalue weighted by Crippen LogP contribution is 2.15. The van der Waals surface area contributed by atoms with Crippen LogP contribution in [-0.2, 0) is 14.3 Å². The summed E-state index contributed by atoms with van der Waals surface area (Å²) >= 11 is 0. The lowest BCUT2D eigenvalue weighted by Gasteiger charge is -2.20. The molecule has 0 saturated carbocycles. The van der Waals surface area contributed by atoms with Crippen LogP contribution in [0.2, 0.25) is 0 Å². The highest BCUT2D eigenvalue weighted by molar-refractivity contribution is 5.76. The van der Waals surface area contributed by atoms with Gasteiger partial charge in [-0.2, -0.15) is 0 Å². The van der Waals surface area contributed by atoms with Crippen LogP contribution in [0.3, 0.4) is 0 Å². The highest BCUT2D eigenvalue weighted by atomic mass is 16.5.